The van der Waals surface area contributed by atoms with Gasteiger partial charge in [0.05, 0.1) is 18.2 Å². The predicted molar refractivity (Wildman–Crippen MR) is 112 cm³/mol. The molecule has 30 heavy (non-hydrogen) atoms. The number of carbonyl (C=O) groups excluding carboxylic acids is 2. The highest BCUT2D eigenvalue weighted by Crippen LogP contribution is 2.39. The molecule has 1 atom stereocenters. The number of ketones is 1. The summed E-state index contributed by atoms with van der Waals surface area (Å²) in [7, 11) is 3.71. The fourth-order valence-electron chi connectivity index (χ4n) is 3.50. The molecule has 6 nitrogen and oxygen atoms in total. The Labute approximate surface area is 175 Å². The second-order valence-electron chi connectivity index (χ2n) is 7.31. The number of halogens is 1. The molecule has 1 saturated heterocycles. The van der Waals surface area contributed by atoms with Gasteiger partial charge in [-0.2, -0.15) is 0 Å². The molecule has 1 aliphatic heterocycles. The summed E-state index contributed by atoms with van der Waals surface area (Å²) in [4.78, 5) is 29.0. The van der Waals surface area contributed by atoms with Crippen LogP contribution in [0.2, 0.25) is 0 Å². The van der Waals surface area contributed by atoms with E-state index in [-0.39, 0.29) is 17.9 Å². The van der Waals surface area contributed by atoms with Crippen LogP contribution >= 0.6 is 0 Å². The van der Waals surface area contributed by atoms with Crippen molar-refractivity contribution >= 4 is 17.4 Å². The number of ether oxygens (including phenoxy) is 1. The fraction of sp³-hybridized carbons (Fsp3) is 0.304. The minimum atomic E-state index is -0.878. The van der Waals surface area contributed by atoms with Crippen molar-refractivity contribution in [2.24, 2.45) is 0 Å². The van der Waals surface area contributed by atoms with Gasteiger partial charge in [-0.25, -0.2) is 4.39 Å². The van der Waals surface area contributed by atoms with E-state index < -0.39 is 23.5 Å². The number of likely N-dealkylation sites (N-methyl/N-ethyl adjacent to an activating group) is 1. The van der Waals surface area contributed by atoms with Crippen molar-refractivity contribution in [3.8, 4) is 5.75 Å². The zero-order chi connectivity index (χ0) is 21.8. The van der Waals surface area contributed by atoms with Gasteiger partial charge in [-0.15, -0.1) is 0 Å². The van der Waals surface area contributed by atoms with E-state index in [1.54, 1.807) is 30.3 Å². The lowest BCUT2D eigenvalue weighted by atomic mass is 9.95. The number of carbonyl (C=O) groups is 2. The van der Waals surface area contributed by atoms with Gasteiger partial charge in [0.25, 0.3) is 11.7 Å². The first-order chi connectivity index (χ1) is 14.3. The molecule has 1 amide bonds. The Morgan fingerprint density at radius 3 is 2.57 bits per heavy atom. The summed E-state index contributed by atoms with van der Waals surface area (Å²) >= 11 is 0. The molecule has 0 saturated carbocycles. The number of nitrogens with zero attached hydrogens (tertiary/aromatic N) is 2. The number of amides is 1. The summed E-state index contributed by atoms with van der Waals surface area (Å²) in [5.41, 5.74) is 0.724. The van der Waals surface area contributed by atoms with E-state index in [9.17, 15) is 19.1 Å². The molecule has 0 bridgehead atoms. The molecule has 1 heterocycles. The highest BCUT2D eigenvalue weighted by molar-refractivity contribution is 6.46. The molecule has 1 fully saturated rings. The van der Waals surface area contributed by atoms with Gasteiger partial charge in [-0.3, -0.25) is 9.59 Å². The van der Waals surface area contributed by atoms with Gasteiger partial charge >= 0.3 is 0 Å². The third-order valence-electron chi connectivity index (χ3n) is 4.91. The van der Waals surface area contributed by atoms with Crippen LogP contribution in [0.15, 0.2) is 54.1 Å². The predicted octanol–water partition coefficient (Wildman–Crippen LogP) is 3.21. The monoisotopic (exact) mass is 412 g/mol. The Hall–Kier alpha value is -3.19. The van der Waals surface area contributed by atoms with Crippen molar-refractivity contribution < 1.29 is 23.8 Å². The molecule has 2 aromatic rings. The van der Waals surface area contributed by atoms with E-state index in [1.807, 2.05) is 25.9 Å². The Morgan fingerprint density at radius 1 is 1.17 bits per heavy atom. The van der Waals surface area contributed by atoms with Crippen molar-refractivity contribution in [3.05, 3.63) is 71.0 Å². The third-order valence-corrected chi connectivity index (χ3v) is 4.91. The van der Waals surface area contributed by atoms with E-state index in [0.717, 1.165) is 0 Å². The Balaban J connectivity index is 2.14. The minimum absolute atomic E-state index is 0.0574. The zero-order valence-corrected chi connectivity index (χ0v) is 17.3. The number of Topliss-reactive ketones (excluding diaryl/α,β-unsaturated/α-hetero) is 1. The zero-order valence-electron chi connectivity index (χ0n) is 17.3. The maximum absolute atomic E-state index is 14.0. The Kier molecular flexibility index (Phi) is 6.52. The highest BCUT2D eigenvalue weighted by Gasteiger charge is 2.46. The molecule has 0 radical (unpaired) electrons. The summed E-state index contributed by atoms with van der Waals surface area (Å²) in [6, 6.07) is 11.5. The van der Waals surface area contributed by atoms with Crippen LogP contribution in [-0.4, -0.2) is 60.4 Å². The summed E-state index contributed by atoms with van der Waals surface area (Å²) in [6.07, 6.45) is 0. The van der Waals surface area contributed by atoms with Gasteiger partial charge in [0.2, 0.25) is 0 Å². The smallest absolute Gasteiger partial charge is 0.295 e. The molecule has 1 unspecified atom stereocenters. The van der Waals surface area contributed by atoms with Crippen LogP contribution in [-0.2, 0) is 9.59 Å². The normalized spacial score (nSPS) is 18.3. The van der Waals surface area contributed by atoms with Gasteiger partial charge in [0, 0.05) is 18.7 Å². The number of aliphatic hydroxyl groups excluding tert-OH is 1. The highest BCUT2D eigenvalue weighted by atomic mass is 19.1. The van der Waals surface area contributed by atoms with Crippen molar-refractivity contribution in [2.75, 3.05) is 33.8 Å². The second kappa shape index (κ2) is 9.09. The summed E-state index contributed by atoms with van der Waals surface area (Å²) < 4.78 is 19.4. The van der Waals surface area contributed by atoms with E-state index in [1.165, 1.54) is 23.1 Å². The van der Waals surface area contributed by atoms with Crippen molar-refractivity contribution in [2.45, 2.75) is 13.0 Å². The first kappa shape index (κ1) is 21.5. The topological polar surface area (TPSA) is 70.1 Å². The molecule has 0 aromatic heterocycles. The van der Waals surface area contributed by atoms with E-state index in [0.29, 0.717) is 30.0 Å². The van der Waals surface area contributed by atoms with Crippen molar-refractivity contribution in [1.29, 1.82) is 0 Å². The molecule has 3 rings (SSSR count). The van der Waals surface area contributed by atoms with Gasteiger partial charge in [0.1, 0.15) is 17.3 Å². The van der Waals surface area contributed by atoms with Gasteiger partial charge in [-0.1, -0.05) is 24.3 Å². The Bertz CT molecular complexity index is 987. The van der Waals surface area contributed by atoms with Crippen LogP contribution < -0.4 is 4.74 Å². The molecule has 1 aliphatic rings. The lowest BCUT2D eigenvalue weighted by Crippen LogP contribution is -2.35. The lowest BCUT2D eigenvalue weighted by Gasteiger charge is -2.26. The molecular weight excluding hydrogens is 387 g/mol. The van der Waals surface area contributed by atoms with Gasteiger partial charge in [0.15, 0.2) is 0 Å². The number of rotatable bonds is 7. The molecule has 158 valence electrons. The van der Waals surface area contributed by atoms with Crippen LogP contribution in [0.5, 0.6) is 5.75 Å². The minimum Gasteiger partial charge on any atom is -0.507 e. The molecular formula is C23H25FN2O4. The summed E-state index contributed by atoms with van der Waals surface area (Å²) in [5, 5.41) is 11.0. The molecule has 0 spiro atoms. The average Bonchev–Trinajstić information content (AvgIpc) is 2.97. The van der Waals surface area contributed by atoms with Crippen molar-refractivity contribution in [1.82, 2.24) is 9.80 Å². The van der Waals surface area contributed by atoms with Crippen LogP contribution in [0.25, 0.3) is 5.76 Å². The van der Waals surface area contributed by atoms with Crippen LogP contribution in [0.3, 0.4) is 0 Å². The van der Waals surface area contributed by atoms with Crippen molar-refractivity contribution in [3.63, 3.8) is 0 Å². The SMILES string of the molecule is CCOc1cccc(/C(O)=C2\C(=O)C(=O)N(CCN(C)C)C2c2cccc(F)c2)c1. The quantitative estimate of drug-likeness (QED) is 0.430. The van der Waals surface area contributed by atoms with E-state index >= 15 is 0 Å². The maximum atomic E-state index is 14.0. The number of hydrogen-bond acceptors (Lipinski definition) is 5. The number of likely N-dealkylation sites (tertiary alicyclic amines) is 1. The first-order valence-corrected chi connectivity index (χ1v) is 9.75. The number of benzene rings is 2. The molecule has 2 aromatic carbocycles. The first-order valence-electron chi connectivity index (χ1n) is 9.75. The fourth-order valence-corrected chi connectivity index (χ4v) is 3.50. The Morgan fingerprint density at radius 2 is 1.90 bits per heavy atom. The number of aliphatic hydroxyl groups is 1. The largest absolute Gasteiger partial charge is 0.507 e. The second-order valence-corrected chi connectivity index (χ2v) is 7.31. The molecule has 0 aliphatic carbocycles. The van der Waals surface area contributed by atoms with Gasteiger partial charge < -0.3 is 19.6 Å². The van der Waals surface area contributed by atoms with Crippen LogP contribution in [0, 0.1) is 5.82 Å². The standard InChI is InChI=1S/C23H25FN2O4/c1-4-30-18-10-6-8-16(14-18)21(27)19-20(15-7-5-9-17(24)13-15)26(12-11-25(2)3)23(29)22(19)28/h5-10,13-14,20,27H,4,11-12H2,1-3H3/b21-19+. The van der Waals surface area contributed by atoms with E-state index in [4.69, 9.17) is 4.74 Å². The van der Waals surface area contributed by atoms with E-state index in [2.05, 4.69) is 0 Å². The maximum Gasteiger partial charge on any atom is 0.295 e. The number of hydrogen-bond donors (Lipinski definition) is 1. The average molecular weight is 412 g/mol. The lowest BCUT2D eigenvalue weighted by molar-refractivity contribution is -0.140. The van der Waals surface area contributed by atoms with Gasteiger partial charge in [-0.05, 0) is 50.8 Å². The third kappa shape index (κ3) is 4.36. The summed E-state index contributed by atoms with van der Waals surface area (Å²) in [6.45, 7) is 3.06. The molecule has 1 N–H and O–H groups in total. The molecule has 7 heteroatoms. The summed E-state index contributed by atoms with van der Waals surface area (Å²) in [5.74, 6) is -1.76. The van der Waals surface area contributed by atoms with Crippen LogP contribution in [0.4, 0.5) is 4.39 Å². The van der Waals surface area contributed by atoms with Crippen LogP contribution in [0.1, 0.15) is 24.1 Å².